The molecule has 1 heterocycles. The molecule has 9 heteroatoms. The van der Waals surface area contributed by atoms with Crippen molar-refractivity contribution >= 4 is 23.4 Å². The van der Waals surface area contributed by atoms with Crippen molar-refractivity contribution in [2.75, 3.05) is 0 Å². The van der Waals surface area contributed by atoms with Gasteiger partial charge in [-0.1, -0.05) is 19.8 Å². The summed E-state index contributed by atoms with van der Waals surface area (Å²) in [4.78, 5) is 24.0. The molecule has 0 saturated heterocycles. The molecule has 1 amide bonds. The smallest absolute Gasteiger partial charge is 0.284 e. The van der Waals surface area contributed by atoms with E-state index in [1.807, 2.05) is 0 Å². The van der Waals surface area contributed by atoms with Gasteiger partial charge in [-0.25, -0.2) is 0 Å². The Morgan fingerprint density at radius 3 is 2.81 bits per heavy atom. The third kappa shape index (κ3) is 4.04. The molecule has 1 aliphatic carbocycles. The van der Waals surface area contributed by atoms with Crippen molar-refractivity contribution < 1.29 is 9.72 Å². The molecule has 1 fully saturated rings. The van der Waals surface area contributed by atoms with E-state index in [4.69, 9.17) is 0 Å². The van der Waals surface area contributed by atoms with Crippen LogP contribution in [0.25, 0.3) is 0 Å². The van der Waals surface area contributed by atoms with Gasteiger partial charge in [0.15, 0.2) is 5.16 Å². The van der Waals surface area contributed by atoms with Gasteiger partial charge in [0.1, 0.15) is 6.33 Å². The van der Waals surface area contributed by atoms with Gasteiger partial charge in [0.25, 0.3) is 11.6 Å². The Balaban J connectivity index is 1.80. The molecule has 0 bridgehead atoms. The first-order valence-electron chi connectivity index (χ1n) is 8.57. The van der Waals surface area contributed by atoms with Crippen LogP contribution in [0.1, 0.15) is 43.0 Å². The molecule has 138 valence electrons. The van der Waals surface area contributed by atoms with Crippen LogP contribution in [0, 0.1) is 16.0 Å². The third-order valence-electron chi connectivity index (χ3n) is 4.72. The van der Waals surface area contributed by atoms with Crippen molar-refractivity contribution in [3.05, 3.63) is 40.2 Å². The van der Waals surface area contributed by atoms with E-state index in [1.165, 1.54) is 18.8 Å². The van der Waals surface area contributed by atoms with Gasteiger partial charge in [-0.05, 0) is 42.7 Å². The first-order chi connectivity index (χ1) is 12.5. The molecule has 2 aromatic rings. The Morgan fingerprint density at radius 2 is 2.15 bits per heavy atom. The first kappa shape index (κ1) is 18.4. The zero-order valence-corrected chi connectivity index (χ0v) is 15.5. The number of aromatic nitrogens is 3. The lowest BCUT2D eigenvalue weighted by atomic mass is 9.86. The minimum Gasteiger partial charge on any atom is -0.349 e. The summed E-state index contributed by atoms with van der Waals surface area (Å²) in [5.41, 5.74) is 0.194. The van der Waals surface area contributed by atoms with E-state index >= 15 is 0 Å². The van der Waals surface area contributed by atoms with Crippen LogP contribution >= 0.6 is 11.8 Å². The summed E-state index contributed by atoms with van der Waals surface area (Å²) in [6, 6.07) is 4.68. The molecule has 8 nitrogen and oxygen atoms in total. The second kappa shape index (κ2) is 7.86. The number of hydrogen-bond donors (Lipinski definition) is 1. The zero-order chi connectivity index (χ0) is 18.7. The molecule has 1 saturated carbocycles. The summed E-state index contributed by atoms with van der Waals surface area (Å²) < 4.78 is 1.68. The van der Waals surface area contributed by atoms with Crippen molar-refractivity contribution in [3.8, 4) is 0 Å². The summed E-state index contributed by atoms with van der Waals surface area (Å²) in [5.74, 6) is 0.162. The molecule has 0 aliphatic heterocycles. The number of nitrogens with zero attached hydrogens (tertiary/aromatic N) is 4. The fraction of sp³-hybridized carbons (Fsp3) is 0.471. The van der Waals surface area contributed by atoms with E-state index in [-0.39, 0.29) is 17.6 Å². The Kier molecular flexibility index (Phi) is 5.55. The Morgan fingerprint density at radius 1 is 1.38 bits per heavy atom. The average molecular weight is 375 g/mol. The third-order valence-corrected chi connectivity index (χ3v) is 5.83. The number of hydrogen-bond acceptors (Lipinski definition) is 6. The lowest BCUT2D eigenvalue weighted by molar-refractivity contribution is -0.387. The van der Waals surface area contributed by atoms with Crippen molar-refractivity contribution in [2.24, 2.45) is 13.0 Å². The van der Waals surface area contributed by atoms with Crippen molar-refractivity contribution in [3.63, 3.8) is 0 Å². The summed E-state index contributed by atoms with van der Waals surface area (Å²) in [7, 11) is 1.77. The van der Waals surface area contributed by atoms with E-state index in [1.54, 1.807) is 23.7 Å². The number of carbonyl (C=O) groups is 1. The van der Waals surface area contributed by atoms with E-state index in [2.05, 4.69) is 22.4 Å². The van der Waals surface area contributed by atoms with Crippen molar-refractivity contribution in [2.45, 2.75) is 48.7 Å². The Bertz CT molecular complexity index is 822. The molecule has 26 heavy (non-hydrogen) atoms. The second-order valence-corrected chi connectivity index (χ2v) is 7.62. The fourth-order valence-electron chi connectivity index (χ4n) is 3.13. The van der Waals surface area contributed by atoms with E-state index in [9.17, 15) is 14.9 Å². The number of rotatable bonds is 5. The molecule has 0 radical (unpaired) electrons. The number of nitro benzene ring substituents is 1. The predicted octanol–water partition coefficient (Wildman–Crippen LogP) is 3.18. The molecule has 3 rings (SSSR count). The second-order valence-electron chi connectivity index (χ2n) is 6.61. The summed E-state index contributed by atoms with van der Waals surface area (Å²) >= 11 is 1.15. The summed E-state index contributed by atoms with van der Waals surface area (Å²) in [5, 5.41) is 22.7. The van der Waals surface area contributed by atoms with Gasteiger partial charge in [-0.2, -0.15) is 0 Å². The summed E-state index contributed by atoms with van der Waals surface area (Å²) in [6.07, 6.45) is 5.87. The monoisotopic (exact) mass is 375 g/mol. The quantitative estimate of drug-likeness (QED) is 0.636. The molecule has 2 atom stereocenters. The number of nitrogens with one attached hydrogen (secondary N) is 1. The highest BCUT2D eigenvalue weighted by Crippen LogP contribution is 2.34. The van der Waals surface area contributed by atoms with Crippen LogP contribution < -0.4 is 5.32 Å². The van der Waals surface area contributed by atoms with Crippen LogP contribution in [0.15, 0.2) is 34.6 Å². The van der Waals surface area contributed by atoms with E-state index in [0.717, 1.165) is 31.0 Å². The maximum absolute atomic E-state index is 12.5. The highest BCUT2D eigenvalue weighted by molar-refractivity contribution is 7.99. The number of amides is 1. The van der Waals surface area contributed by atoms with Gasteiger partial charge in [0.05, 0.1) is 9.82 Å². The molecular weight excluding hydrogens is 354 g/mol. The van der Waals surface area contributed by atoms with Crippen molar-refractivity contribution in [1.29, 1.82) is 0 Å². The Labute approximate surface area is 155 Å². The lowest BCUT2D eigenvalue weighted by Crippen LogP contribution is -2.41. The number of aryl methyl sites for hydroxylation is 1. The molecule has 0 unspecified atom stereocenters. The average Bonchev–Trinajstić information content (AvgIpc) is 3.02. The van der Waals surface area contributed by atoms with Crippen LogP contribution in [-0.4, -0.2) is 31.6 Å². The van der Waals surface area contributed by atoms with Gasteiger partial charge in [0, 0.05) is 24.7 Å². The van der Waals surface area contributed by atoms with Crippen LogP contribution in [0.3, 0.4) is 0 Å². The normalized spacial score (nSPS) is 19.9. The number of benzene rings is 1. The number of nitro groups is 1. The number of carbonyl (C=O) groups excluding carboxylic acids is 1. The predicted molar refractivity (Wildman–Crippen MR) is 97.1 cm³/mol. The van der Waals surface area contributed by atoms with Gasteiger partial charge in [-0.15, -0.1) is 10.2 Å². The topological polar surface area (TPSA) is 103 Å². The highest BCUT2D eigenvalue weighted by Gasteiger charge is 2.25. The van der Waals surface area contributed by atoms with E-state index in [0.29, 0.717) is 21.5 Å². The fourth-order valence-corrected chi connectivity index (χ4v) is 3.98. The lowest BCUT2D eigenvalue weighted by Gasteiger charge is -2.29. The zero-order valence-electron chi connectivity index (χ0n) is 14.7. The van der Waals surface area contributed by atoms with Gasteiger partial charge in [-0.3, -0.25) is 14.9 Å². The molecule has 1 N–H and O–H groups in total. The SMILES string of the molecule is C[C@@H]1CCCC[C@H]1NC(=O)c1ccc(Sc2nncn2C)c([N+](=O)[O-])c1. The Hall–Kier alpha value is -2.42. The van der Waals surface area contributed by atoms with Crippen molar-refractivity contribution in [1.82, 2.24) is 20.1 Å². The van der Waals surface area contributed by atoms with Crippen LogP contribution in [0.5, 0.6) is 0 Å². The minimum absolute atomic E-state index is 0.109. The van der Waals surface area contributed by atoms with Gasteiger partial charge in [0.2, 0.25) is 0 Å². The van der Waals surface area contributed by atoms with Crippen LogP contribution in [0.4, 0.5) is 5.69 Å². The maximum Gasteiger partial charge on any atom is 0.284 e. The molecule has 0 spiro atoms. The van der Waals surface area contributed by atoms with Gasteiger partial charge >= 0.3 is 0 Å². The standard InChI is InChI=1S/C17H21N5O3S/c1-11-5-3-4-6-13(11)19-16(23)12-7-8-15(14(9-12)22(24)25)26-17-20-18-10-21(17)2/h7-11,13H,3-6H2,1-2H3,(H,19,23)/t11-,13-/m1/s1. The molecular formula is C17H21N5O3S. The van der Waals surface area contributed by atoms with Gasteiger partial charge < -0.3 is 9.88 Å². The molecule has 1 aromatic carbocycles. The minimum atomic E-state index is -0.473. The molecule has 1 aliphatic rings. The largest absolute Gasteiger partial charge is 0.349 e. The summed E-state index contributed by atoms with van der Waals surface area (Å²) in [6.45, 7) is 2.13. The van der Waals surface area contributed by atoms with E-state index < -0.39 is 4.92 Å². The maximum atomic E-state index is 12.5. The highest BCUT2D eigenvalue weighted by atomic mass is 32.2. The van der Waals surface area contributed by atoms with Crippen LogP contribution in [-0.2, 0) is 7.05 Å². The first-order valence-corrected chi connectivity index (χ1v) is 9.38. The van der Waals surface area contributed by atoms with Crippen LogP contribution in [0.2, 0.25) is 0 Å². The molecule has 1 aromatic heterocycles.